The average Bonchev–Trinajstić information content (AvgIpc) is 3.38. The third kappa shape index (κ3) is 2.89. The highest BCUT2D eigenvalue weighted by Gasteiger charge is 2.61. The maximum absolute atomic E-state index is 14.1. The summed E-state index contributed by atoms with van der Waals surface area (Å²) in [6.45, 7) is 4.40. The predicted molar refractivity (Wildman–Crippen MR) is 136 cm³/mol. The lowest BCUT2D eigenvalue weighted by Gasteiger charge is -2.40. The first-order chi connectivity index (χ1) is 17.0. The van der Waals surface area contributed by atoms with Crippen molar-refractivity contribution >= 4 is 28.5 Å². The minimum Gasteiger partial charge on any atom is -0.495 e. The van der Waals surface area contributed by atoms with Gasteiger partial charge in [0.1, 0.15) is 5.75 Å². The number of nitrogens with one attached hydrogen (secondary N) is 1. The van der Waals surface area contributed by atoms with E-state index in [-0.39, 0.29) is 17.9 Å². The number of anilines is 1. The molecule has 0 saturated carbocycles. The zero-order chi connectivity index (χ0) is 24.3. The van der Waals surface area contributed by atoms with E-state index in [4.69, 9.17) is 4.74 Å². The van der Waals surface area contributed by atoms with E-state index in [1.165, 1.54) is 10.5 Å². The SMILES string of the molecule is CCc1ccc([C@@H]2CN3C(=O)N(c4ccccc4OC)C(=O)[C@]3(C)c3[nH]c4ccccc4c32)cc1. The van der Waals surface area contributed by atoms with Gasteiger partial charge in [0.25, 0.3) is 5.91 Å². The molecule has 2 aliphatic rings. The molecule has 1 N–H and O–H groups in total. The summed E-state index contributed by atoms with van der Waals surface area (Å²) in [5.41, 5.74) is 4.55. The molecule has 0 unspecified atom stereocenters. The molecule has 176 valence electrons. The molecule has 6 nitrogen and oxygen atoms in total. The summed E-state index contributed by atoms with van der Waals surface area (Å²) in [5.74, 6) is 0.148. The fourth-order valence-corrected chi connectivity index (χ4v) is 5.70. The number of ether oxygens (including phenoxy) is 1. The molecule has 6 rings (SSSR count). The van der Waals surface area contributed by atoms with E-state index in [0.29, 0.717) is 18.0 Å². The van der Waals surface area contributed by atoms with Crippen molar-refractivity contribution in [2.45, 2.75) is 31.7 Å². The van der Waals surface area contributed by atoms with Crippen molar-refractivity contribution in [2.75, 3.05) is 18.6 Å². The number of carbonyl (C=O) groups excluding carboxylic acids is 2. The van der Waals surface area contributed by atoms with Crippen LogP contribution in [0.25, 0.3) is 10.9 Å². The van der Waals surface area contributed by atoms with E-state index in [9.17, 15) is 9.59 Å². The molecule has 4 aromatic rings. The number of H-pyrrole nitrogens is 1. The number of fused-ring (bicyclic) bond motifs is 5. The number of carbonyl (C=O) groups is 2. The third-order valence-corrected chi connectivity index (χ3v) is 7.64. The van der Waals surface area contributed by atoms with Crippen LogP contribution in [0.4, 0.5) is 10.5 Å². The van der Waals surface area contributed by atoms with Crippen molar-refractivity contribution < 1.29 is 14.3 Å². The number of nitrogens with zero attached hydrogens (tertiary/aromatic N) is 2. The van der Waals surface area contributed by atoms with Crippen molar-refractivity contribution in [1.82, 2.24) is 9.88 Å². The standard InChI is InChI=1S/C29H27N3O3/c1-4-18-13-15-19(16-14-18)21-17-31-28(34)32(23-11-7-8-12-24(23)35-3)27(33)29(31,2)26-25(21)20-9-5-6-10-22(20)30-26/h5-16,21,30H,4,17H2,1-3H3/t21-,29-/m0/s1. The van der Waals surface area contributed by atoms with Crippen LogP contribution in [0.3, 0.4) is 0 Å². The van der Waals surface area contributed by atoms with Gasteiger partial charge < -0.3 is 14.6 Å². The molecule has 1 fully saturated rings. The Morgan fingerprint density at radius 2 is 1.71 bits per heavy atom. The number of aryl methyl sites for hydroxylation is 1. The second kappa shape index (κ2) is 7.73. The third-order valence-electron chi connectivity index (χ3n) is 7.64. The maximum atomic E-state index is 14.1. The van der Waals surface area contributed by atoms with Crippen LogP contribution in [0.2, 0.25) is 0 Å². The number of methoxy groups -OCH3 is 1. The predicted octanol–water partition coefficient (Wildman–Crippen LogP) is 5.57. The van der Waals surface area contributed by atoms with E-state index in [0.717, 1.165) is 34.1 Å². The van der Waals surface area contributed by atoms with Crippen LogP contribution in [0.1, 0.15) is 42.1 Å². The smallest absolute Gasteiger partial charge is 0.332 e. The number of aromatic amines is 1. The minimum absolute atomic E-state index is 0.0606. The number of benzene rings is 3. The van der Waals surface area contributed by atoms with Gasteiger partial charge in [0, 0.05) is 23.4 Å². The molecule has 1 saturated heterocycles. The van der Waals surface area contributed by atoms with Crippen LogP contribution in [0, 0.1) is 0 Å². The lowest BCUT2D eigenvalue weighted by Crippen LogP contribution is -2.50. The molecule has 1 aromatic heterocycles. The lowest BCUT2D eigenvalue weighted by atomic mass is 9.78. The zero-order valence-corrected chi connectivity index (χ0v) is 20.0. The Morgan fingerprint density at radius 1 is 1.00 bits per heavy atom. The normalized spacial score (nSPS) is 21.4. The van der Waals surface area contributed by atoms with Gasteiger partial charge in [0.05, 0.1) is 18.5 Å². The highest BCUT2D eigenvalue weighted by molar-refractivity contribution is 6.24. The number of amides is 3. The Hall–Kier alpha value is -4.06. The summed E-state index contributed by atoms with van der Waals surface area (Å²) in [4.78, 5) is 34.5. The number of imide groups is 1. The molecule has 35 heavy (non-hydrogen) atoms. The maximum Gasteiger partial charge on any atom is 0.332 e. The first-order valence-corrected chi connectivity index (χ1v) is 12.0. The lowest BCUT2D eigenvalue weighted by molar-refractivity contribution is -0.125. The van der Waals surface area contributed by atoms with Gasteiger partial charge in [0.2, 0.25) is 0 Å². The first-order valence-electron chi connectivity index (χ1n) is 12.0. The summed E-state index contributed by atoms with van der Waals surface area (Å²) in [7, 11) is 1.55. The Balaban J connectivity index is 1.57. The zero-order valence-electron chi connectivity index (χ0n) is 20.0. The van der Waals surface area contributed by atoms with Crippen molar-refractivity contribution in [3.8, 4) is 5.75 Å². The van der Waals surface area contributed by atoms with E-state index in [1.54, 1.807) is 24.1 Å². The Bertz CT molecular complexity index is 1470. The van der Waals surface area contributed by atoms with Crippen LogP contribution in [0.15, 0.2) is 72.8 Å². The first kappa shape index (κ1) is 21.5. The second-order valence-corrected chi connectivity index (χ2v) is 9.38. The van der Waals surface area contributed by atoms with Crippen LogP contribution >= 0.6 is 0 Å². The van der Waals surface area contributed by atoms with Crippen molar-refractivity contribution in [2.24, 2.45) is 0 Å². The van der Waals surface area contributed by atoms with Crippen molar-refractivity contribution in [1.29, 1.82) is 0 Å². The van der Waals surface area contributed by atoms with Crippen LogP contribution in [-0.4, -0.2) is 35.5 Å². The van der Waals surface area contributed by atoms with Gasteiger partial charge in [-0.05, 0) is 48.2 Å². The van der Waals surface area contributed by atoms with Gasteiger partial charge in [-0.1, -0.05) is 61.5 Å². The minimum atomic E-state index is -1.15. The van der Waals surface area contributed by atoms with Crippen LogP contribution < -0.4 is 9.64 Å². The van der Waals surface area contributed by atoms with Crippen LogP contribution in [-0.2, 0) is 16.8 Å². The molecule has 3 heterocycles. The molecule has 3 amide bonds. The highest BCUT2D eigenvalue weighted by Crippen LogP contribution is 2.51. The van der Waals surface area contributed by atoms with Gasteiger partial charge >= 0.3 is 6.03 Å². The molecule has 2 aliphatic heterocycles. The fraction of sp³-hybridized carbons (Fsp3) is 0.241. The number of para-hydroxylation sites is 3. The van der Waals surface area contributed by atoms with Gasteiger partial charge in [-0.2, -0.15) is 0 Å². The van der Waals surface area contributed by atoms with E-state index < -0.39 is 5.54 Å². The average molecular weight is 466 g/mol. The number of hydrogen-bond donors (Lipinski definition) is 1. The number of rotatable bonds is 4. The van der Waals surface area contributed by atoms with Crippen molar-refractivity contribution in [3.05, 3.63) is 95.2 Å². The second-order valence-electron chi connectivity index (χ2n) is 9.38. The van der Waals surface area contributed by atoms with E-state index in [2.05, 4.69) is 42.2 Å². The summed E-state index contributed by atoms with van der Waals surface area (Å²) in [6.07, 6.45) is 0.967. The Labute approximate surface area is 204 Å². The van der Waals surface area contributed by atoms with Crippen molar-refractivity contribution in [3.63, 3.8) is 0 Å². The number of hydrogen-bond acceptors (Lipinski definition) is 3. The number of aromatic nitrogens is 1. The van der Waals surface area contributed by atoms with E-state index in [1.807, 2.05) is 37.3 Å². The topological polar surface area (TPSA) is 65.6 Å². The highest BCUT2D eigenvalue weighted by atomic mass is 16.5. The number of urea groups is 1. The molecular weight excluding hydrogens is 438 g/mol. The molecule has 3 aromatic carbocycles. The summed E-state index contributed by atoms with van der Waals surface area (Å²) < 4.78 is 5.50. The molecule has 6 heteroatoms. The van der Waals surface area contributed by atoms with E-state index >= 15 is 0 Å². The molecule has 0 aliphatic carbocycles. The Kier molecular flexibility index (Phi) is 4.74. The summed E-state index contributed by atoms with van der Waals surface area (Å²) >= 11 is 0. The van der Waals surface area contributed by atoms with Gasteiger partial charge in [-0.3, -0.25) is 4.79 Å². The molecular formula is C29H27N3O3. The van der Waals surface area contributed by atoms with Gasteiger partial charge in [-0.15, -0.1) is 0 Å². The molecule has 0 radical (unpaired) electrons. The molecule has 2 atom stereocenters. The monoisotopic (exact) mass is 465 g/mol. The fourth-order valence-electron chi connectivity index (χ4n) is 5.70. The van der Waals surface area contributed by atoms with Crippen LogP contribution in [0.5, 0.6) is 5.75 Å². The Morgan fingerprint density at radius 3 is 2.46 bits per heavy atom. The summed E-state index contributed by atoms with van der Waals surface area (Å²) in [6, 6.07) is 23.5. The largest absolute Gasteiger partial charge is 0.495 e. The quantitative estimate of drug-likeness (QED) is 0.401. The summed E-state index contributed by atoms with van der Waals surface area (Å²) in [5, 5.41) is 1.09. The molecule has 0 bridgehead atoms. The van der Waals surface area contributed by atoms with Gasteiger partial charge in [-0.25, -0.2) is 9.69 Å². The van der Waals surface area contributed by atoms with Gasteiger partial charge in [0.15, 0.2) is 5.54 Å². The molecule has 0 spiro atoms.